The third kappa shape index (κ3) is 4.70. The van der Waals surface area contributed by atoms with Crippen molar-refractivity contribution >= 4 is 17.7 Å². The lowest BCUT2D eigenvalue weighted by Gasteiger charge is -2.11. The van der Waals surface area contributed by atoms with E-state index in [9.17, 15) is 4.79 Å². The standard InChI is InChI=1S/C14H21NO2S/c1-10(2)11-4-6-12(7-5-11)18-9-8-13(15-3)14(16)17/h4-7,10,13,15H,8-9H2,1-3H3,(H,16,17). The fourth-order valence-corrected chi connectivity index (χ4v) is 2.55. The van der Waals surface area contributed by atoms with Gasteiger partial charge in [0.2, 0.25) is 0 Å². The van der Waals surface area contributed by atoms with E-state index in [4.69, 9.17) is 5.11 Å². The minimum absolute atomic E-state index is 0.451. The van der Waals surface area contributed by atoms with E-state index in [0.717, 1.165) is 5.75 Å². The lowest BCUT2D eigenvalue weighted by molar-refractivity contribution is -0.139. The molecule has 0 aromatic heterocycles. The number of nitrogens with one attached hydrogen (secondary N) is 1. The van der Waals surface area contributed by atoms with Crippen LogP contribution < -0.4 is 5.32 Å². The summed E-state index contributed by atoms with van der Waals surface area (Å²) in [6.07, 6.45) is 0.627. The van der Waals surface area contributed by atoms with Crippen LogP contribution in [0.1, 0.15) is 31.7 Å². The van der Waals surface area contributed by atoms with Crippen LogP contribution in [0.3, 0.4) is 0 Å². The summed E-state index contributed by atoms with van der Waals surface area (Å²) in [5.74, 6) is 0.566. The second kappa shape index (κ2) is 7.44. The van der Waals surface area contributed by atoms with Gasteiger partial charge < -0.3 is 10.4 Å². The quantitative estimate of drug-likeness (QED) is 0.746. The highest BCUT2D eigenvalue weighted by Crippen LogP contribution is 2.22. The van der Waals surface area contributed by atoms with Gasteiger partial charge in [0.15, 0.2) is 0 Å². The molecule has 0 spiro atoms. The predicted molar refractivity (Wildman–Crippen MR) is 76.4 cm³/mol. The Bertz CT molecular complexity index is 376. The Kier molecular flexibility index (Phi) is 6.22. The first-order chi connectivity index (χ1) is 8.54. The van der Waals surface area contributed by atoms with Crippen LogP contribution in [0.15, 0.2) is 29.2 Å². The molecule has 0 heterocycles. The van der Waals surface area contributed by atoms with Crippen molar-refractivity contribution in [2.45, 2.75) is 37.1 Å². The molecule has 1 unspecified atom stereocenters. The van der Waals surface area contributed by atoms with Crippen molar-refractivity contribution in [2.24, 2.45) is 0 Å². The number of carboxylic acid groups (broad SMARTS) is 1. The number of carboxylic acids is 1. The first kappa shape index (κ1) is 15.1. The van der Waals surface area contributed by atoms with Gasteiger partial charge in [-0.15, -0.1) is 11.8 Å². The van der Waals surface area contributed by atoms with Crippen LogP contribution in [0.2, 0.25) is 0 Å². The summed E-state index contributed by atoms with van der Waals surface area (Å²) in [6, 6.07) is 8.04. The Morgan fingerprint density at radius 1 is 1.33 bits per heavy atom. The third-order valence-corrected chi connectivity index (χ3v) is 3.91. The molecule has 2 N–H and O–H groups in total. The molecular weight excluding hydrogens is 246 g/mol. The van der Waals surface area contributed by atoms with Crippen molar-refractivity contribution in [3.05, 3.63) is 29.8 Å². The molecule has 0 saturated heterocycles. The molecule has 0 bridgehead atoms. The molecule has 4 heteroatoms. The molecule has 3 nitrogen and oxygen atoms in total. The predicted octanol–water partition coefficient (Wildman–Crippen LogP) is 2.96. The molecule has 1 aromatic rings. The van der Waals surface area contributed by atoms with Gasteiger partial charge in [-0.2, -0.15) is 0 Å². The first-order valence-electron chi connectivity index (χ1n) is 6.17. The number of aliphatic carboxylic acids is 1. The van der Waals surface area contributed by atoms with E-state index < -0.39 is 12.0 Å². The molecule has 0 aliphatic rings. The summed E-state index contributed by atoms with van der Waals surface area (Å²) in [7, 11) is 1.68. The highest BCUT2D eigenvalue weighted by molar-refractivity contribution is 7.99. The van der Waals surface area contributed by atoms with E-state index in [-0.39, 0.29) is 0 Å². The highest BCUT2D eigenvalue weighted by atomic mass is 32.2. The molecule has 0 radical (unpaired) electrons. The van der Waals surface area contributed by atoms with Crippen LogP contribution in [0.25, 0.3) is 0 Å². The van der Waals surface area contributed by atoms with Crippen molar-refractivity contribution in [2.75, 3.05) is 12.8 Å². The number of hydrogen-bond donors (Lipinski definition) is 2. The Balaban J connectivity index is 2.42. The van der Waals surface area contributed by atoms with Crippen molar-refractivity contribution in [3.8, 4) is 0 Å². The average molecular weight is 267 g/mol. The minimum Gasteiger partial charge on any atom is -0.480 e. The van der Waals surface area contributed by atoms with Crippen LogP contribution >= 0.6 is 11.8 Å². The molecule has 0 saturated carbocycles. The summed E-state index contributed by atoms with van der Waals surface area (Å²) < 4.78 is 0. The summed E-state index contributed by atoms with van der Waals surface area (Å²) in [5, 5.41) is 11.7. The van der Waals surface area contributed by atoms with Crippen LogP contribution in [-0.2, 0) is 4.79 Å². The Hall–Kier alpha value is -1.00. The van der Waals surface area contributed by atoms with Gasteiger partial charge in [0, 0.05) is 10.6 Å². The van der Waals surface area contributed by atoms with Crippen LogP contribution in [0, 0.1) is 0 Å². The zero-order chi connectivity index (χ0) is 13.5. The number of rotatable bonds is 7. The second-order valence-electron chi connectivity index (χ2n) is 4.54. The first-order valence-corrected chi connectivity index (χ1v) is 7.16. The maximum absolute atomic E-state index is 10.8. The smallest absolute Gasteiger partial charge is 0.320 e. The van der Waals surface area contributed by atoms with Gasteiger partial charge in [0.25, 0.3) is 0 Å². The lowest BCUT2D eigenvalue weighted by atomic mass is 10.0. The molecule has 0 fully saturated rings. The van der Waals surface area contributed by atoms with E-state index in [2.05, 4.69) is 43.4 Å². The Morgan fingerprint density at radius 3 is 2.39 bits per heavy atom. The van der Waals surface area contributed by atoms with Gasteiger partial charge in [-0.05, 0) is 37.1 Å². The molecule has 0 amide bonds. The van der Waals surface area contributed by atoms with Gasteiger partial charge in [-0.1, -0.05) is 26.0 Å². The van der Waals surface area contributed by atoms with Gasteiger partial charge in [0.1, 0.15) is 6.04 Å². The number of benzene rings is 1. The topological polar surface area (TPSA) is 49.3 Å². The third-order valence-electron chi connectivity index (χ3n) is 2.87. The van der Waals surface area contributed by atoms with E-state index >= 15 is 0 Å². The van der Waals surface area contributed by atoms with E-state index in [1.54, 1.807) is 18.8 Å². The SMILES string of the molecule is CNC(CCSc1ccc(C(C)C)cc1)C(=O)O. The summed E-state index contributed by atoms with van der Waals surface area (Å²) in [5.41, 5.74) is 1.33. The van der Waals surface area contributed by atoms with E-state index in [1.807, 2.05) is 0 Å². The number of likely N-dealkylation sites (N-methyl/N-ethyl adjacent to an activating group) is 1. The van der Waals surface area contributed by atoms with Crippen LogP contribution in [-0.4, -0.2) is 29.9 Å². The number of carbonyl (C=O) groups is 1. The minimum atomic E-state index is -0.784. The van der Waals surface area contributed by atoms with Crippen molar-refractivity contribution in [1.82, 2.24) is 5.32 Å². The van der Waals surface area contributed by atoms with Gasteiger partial charge in [-0.25, -0.2) is 0 Å². The fraction of sp³-hybridized carbons (Fsp3) is 0.500. The molecule has 18 heavy (non-hydrogen) atoms. The maximum atomic E-state index is 10.8. The molecule has 0 aliphatic carbocycles. The Morgan fingerprint density at radius 2 is 1.94 bits per heavy atom. The number of thioether (sulfide) groups is 1. The normalized spacial score (nSPS) is 12.7. The fourth-order valence-electron chi connectivity index (χ4n) is 1.63. The van der Waals surface area contributed by atoms with Gasteiger partial charge in [-0.3, -0.25) is 4.79 Å². The number of hydrogen-bond acceptors (Lipinski definition) is 3. The van der Waals surface area contributed by atoms with Gasteiger partial charge >= 0.3 is 5.97 Å². The van der Waals surface area contributed by atoms with E-state index in [0.29, 0.717) is 12.3 Å². The summed E-state index contributed by atoms with van der Waals surface area (Å²) in [4.78, 5) is 12.0. The molecule has 1 aromatic carbocycles. The van der Waals surface area contributed by atoms with Crippen molar-refractivity contribution in [1.29, 1.82) is 0 Å². The zero-order valence-electron chi connectivity index (χ0n) is 11.1. The molecule has 0 aliphatic heterocycles. The highest BCUT2D eigenvalue weighted by Gasteiger charge is 2.13. The van der Waals surface area contributed by atoms with Crippen molar-refractivity contribution in [3.63, 3.8) is 0 Å². The van der Waals surface area contributed by atoms with Crippen LogP contribution in [0.4, 0.5) is 0 Å². The summed E-state index contributed by atoms with van der Waals surface area (Å²) in [6.45, 7) is 4.35. The lowest BCUT2D eigenvalue weighted by Crippen LogP contribution is -2.34. The molecular formula is C14H21NO2S. The maximum Gasteiger partial charge on any atom is 0.320 e. The van der Waals surface area contributed by atoms with Gasteiger partial charge in [0.05, 0.1) is 0 Å². The average Bonchev–Trinajstić information content (AvgIpc) is 2.34. The Labute approximate surface area is 113 Å². The molecule has 1 atom stereocenters. The van der Waals surface area contributed by atoms with E-state index in [1.165, 1.54) is 10.5 Å². The second-order valence-corrected chi connectivity index (χ2v) is 5.71. The van der Waals surface area contributed by atoms with Crippen LogP contribution in [0.5, 0.6) is 0 Å². The molecule has 100 valence electrons. The zero-order valence-corrected chi connectivity index (χ0v) is 12.0. The van der Waals surface area contributed by atoms with Crippen molar-refractivity contribution < 1.29 is 9.90 Å². The largest absolute Gasteiger partial charge is 0.480 e. The summed E-state index contributed by atoms with van der Waals surface area (Å²) >= 11 is 1.70. The monoisotopic (exact) mass is 267 g/mol. The molecule has 1 rings (SSSR count).